The molecule has 0 saturated carbocycles. The predicted molar refractivity (Wildman–Crippen MR) is 56.7 cm³/mol. The van der Waals surface area contributed by atoms with E-state index in [9.17, 15) is 4.79 Å². The van der Waals surface area contributed by atoms with Gasteiger partial charge in [0.25, 0.3) is 0 Å². The van der Waals surface area contributed by atoms with Crippen LogP contribution in [0.2, 0.25) is 0 Å². The highest BCUT2D eigenvalue weighted by Crippen LogP contribution is 2.21. The van der Waals surface area contributed by atoms with Crippen molar-refractivity contribution >= 4 is 11.6 Å². The monoisotopic (exact) mass is 193 g/mol. The minimum Gasteiger partial charge on any atom is -0.496 e. The number of anilines is 1. The number of methoxy groups -OCH3 is 1. The smallest absolute Gasteiger partial charge is 0.224 e. The van der Waals surface area contributed by atoms with Gasteiger partial charge in [-0.3, -0.25) is 4.79 Å². The molecule has 0 unspecified atom stereocenters. The van der Waals surface area contributed by atoms with Gasteiger partial charge in [-0.25, -0.2) is 0 Å². The second kappa shape index (κ2) is 4.65. The summed E-state index contributed by atoms with van der Waals surface area (Å²) in [6.45, 7) is 3.78. The maximum atomic E-state index is 11.1. The Bertz CT molecular complexity index is 334. The first-order valence-corrected chi connectivity index (χ1v) is 4.62. The van der Waals surface area contributed by atoms with Crippen LogP contribution in [0.25, 0.3) is 0 Å². The number of carbonyl (C=O) groups is 1. The van der Waals surface area contributed by atoms with Crippen molar-refractivity contribution in [2.24, 2.45) is 0 Å². The Morgan fingerprint density at radius 3 is 2.79 bits per heavy atom. The number of hydrogen-bond acceptors (Lipinski definition) is 2. The fraction of sp³-hybridized carbons (Fsp3) is 0.364. The van der Waals surface area contributed by atoms with Crippen LogP contribution in [0.3, 0.4) is 0 Å². The van der Waals surface area contributed by atoms with Crippen LogP contribution in [0.15, 0.2) is 18.2 Å². The standard InChI is InChI=1S/C11H15NO2/c1-4-11(13)12-9-6-5-8(2)10(7-9)14-3/h5-7H,4H2,1-3H3,(H,12,13). The minimum absolute atomic E-state index is 0.0101. The van der Waals surface area contributed by atoms with E-state index in [0.717, 1.165) is 17.0 Å². The van der Waals surface area contributed by atoms with Crippen molar-refractivity contribution in [3.8, 4) is 5.75 Å². The summed E-state index contributed by atoms with van der Waals surface area (Å²) in [6, 6.07) is 5.61. The van der Waals surface area contributed by atoms with Gasteiger partial charge in [-0.05, 0) is 18.6 Å². The highest BCUT2D eigenvalue weighted by Gasteiger charge is 2.02. The minimum atomic E-state index is 0.0101. The molecule has 0 aromatic heterocycles. The third-order valence-electron chi connectivity index (χ3n) is 2.01. The van der Waals surface area contributed by atoms with E-state index in [1.165, 1.54) is 0 Å². The molecule has 0 heterocycles. The highest BCUT2D eigenvalue weighted by atomic mass is 16.5. The summed E-state index contributed by atoms with van der Waals surface area (Å²) in [4.78, 5) is 11.1. The van der Waals surface area contributed by atoms with E-state index in [0.29, 0.717) is 6.42 Å². The number of rotatable bonds is 3. The van der Waals surface area contributed by atoms with Gasteiger partial charge >= 0.3 is 0 Å². The van der Waals surface area contributed by atoms with E-state index in [-0.39, 0.29) is 5.91 Å². The lowest BCUT2D eigenvalue weighted by atomic mass is 10.2. The summed E-state index contributed by atoms with van der Waals surface area (Å²) in [5.74, 6) is 0.801. The molecule has 1 aromatic carbocycles. The van der Waals surface area contributed by atoms with E-state index in [2.05, 4.69) is 5.32 Å². The molecule has 0 saturated heterocycles. The van der Waals surface area contributed by atoms with Gasteiger partial charge in [-0.1, -0.05) is 13.0 Å². The number of nitrogens with one attached hydrogen (secondary N) is 1. The van der Waals surface area contributed by atoms with Gasteiger partial charge in [0.05, 0.1) is 7.11 Å². The molecule has 1 N–H and O–H groups in total. The number of amides is 1. The highest BCUT2D eigenvalue weighted by molar-refractivity contribution is 5.90. The van der Waals surface area contributed by atoms with Crippen LogP contribution in [0.1, 0.15) is 18.9 Å². The fourth-order valence-corrected chi connectivity index (χ4v) is 1.15. The van der Waals surface area contributed by atoms with Gasteiger partial charge in [0.2, 0.25) is 5.91 Å². The van der Waals surface area contributed by atoms with Crippen molar-refractivity contribution in [2.45, 2.75) is 20.3 Å². The molecule has 0 aliphatic heterocycles. The molecule has 0 spiro atoms. The van der Waals surface area contributed by atoms with Crippen molar-refractivity contribution in [1.82, 2.24) is 0 Å². The maximum Gasteiger partial charge on any atom is 0.224 e. The molecule has 3 nitrogen and oxygen atoms in total. The normalized spacial score (nSPS) is 9.64. The van der Waals surface area contributed by atoms with Crippen molar-refractivity contribution in [2.75, 3.05) is 12.4 Å². The Labute approximate surface area is 84.1 Å². The Kier molecular flexibility index (Phi) is 3.51. The molecule has 1 aromatic rings. The number of carbonyl (C=O) groups excluding carboxylic acids is 1. The topological polar surface area (TPSA) is 38.3 Å². The van der Waals surface area contributed by atoms with Crippen molar-refractivity contribution in [3.05, 3.63) is 23.8 Å². The van der Waals surface area contributed by atoms with Gasteiger partial charge in [-0.15, -0.1) is 0 Å². The van der Waals surface area contributed by atoms with Gasteiger partial charge in [-0.2, -0.15) is 0 Å². The zero-order valence-electron chi connectivity index (χ0n) is 8.76. The average Bonchev–Trinajstić information content (AvgIpc) is 2.20. The van der Waals surface area contributed by atoms with E-state index >= 15 is 0 Å². The Balaban J connectivity index is 2.84. The SMILES string of the molecule is CCC(=O)Nc1ccc(C)c(OC)c1. The van der Waals surface area contributed by atoms with Crippen molar-refractivity contribution in [3.63, 3.8) is 0 Å². The van der Waals surface area contributed by atoms with Crippen LogP contribution >= 0.6 is 0 Å². The Morgan fingerprint density at radius 1 is 1.50 bits per heavy atom. The number of ether oxygens (including phenoxy) is 1. The summed E-state index contributed by atoms with van der Waals surface area (Å²) in [7, 11) is 1.62. The molecule has 0 aliphatic rings. The third kappa shape index (κ3) is 2.49. The van der Waals surface area contributed by atoms with Crippen LogP contribution in [-0.2, 0) is 4.79 Å². The predicted octanol–water partition coefficient (Wildman–Crippen LogP) is 2.35. The summed E-state index contributed by atoms with van der Waals surface area (Å²) in [6.07, 6.45) is 0.482. The number of benzene rings is 1. The molecule has 3 heteroatoms. The molecule has 14 heavy (non-hydrogen) atoms. The van der Waals surface area contributed by atoms with E-state index in [4.69, 9.17) is 4.74 Å². The van der Waals surface area contributed by atoms with E-state index in [1.54, 1.807) is 7.11 Å². The number of aryl methyl sites for hydroxylation is 1. The van der Waals surface area contributed by atoms with Crippen LogP contribution in [0.5, 0.6) is 5.75 Å². The molecule has 76 valence electrons. The molecular weight excluding hydrogens is 178 g/mol. The maximum absolute atomic E-state index is 11.1. The second-order valence-corrected chi connectivity index (χ2v) is 3.09. The summed E-state index contributed by atoms with van der Waals surface area (Å²) < 4.78 is 5.15. The molecule has 1 rings (SSSR count). The van der Waals surface area contributed by atoms with E-state index < -0.39 is 0 Å². The first-order valence-electron chi connectivity index (χ1n) is 4.62. The van der Waals surface area contributed by atoms with Crippen LogP contribution in [-0.4, -0.2) is 13.0 Å². The van der Waals surface area contributed by atoms with Gasteiger partial charge in [0.1, 0.15) is 5.75 Å². The Hall–Kier alpha value is -1.51. The summed E-state index contributed by atoms with van der Waals surface area (Å²) >= 11 is 0. The quantitative estimate of drug-likeness (QED) is 0.800. The molecular formula is C11H15NO2. The van der Waals surface area contributed by atoms with Crippen LogP contribution in [0, 0.1) is 6.92 Å². The lowest BCUT2D eigenvalue weighted by Crippen LogP contribution is -2.09. The van der Waals surface area contributed by atoms with Crippen LogP contribution in [0.4, 0.5) is 5.69 Å². The van der Waals surface area contributed by atoms with Gasteiger partial charge in [0, 0.05) is 18.2 Å². The van der Waals surface area contributed by atoms with Gasteiger partial charge < -0.3 is 10.1 Å². The molecule has 0 radical (unpaired) electrons. The molecule has 1 amide bonds. The average molecular weight is 193 g/mol. The summed E-state index contributed by atoms with van der Waals surface area (Å²) in [5, 5.41) is 2.77. The van der Waals surface area contributed by atoms with Gasteiger partial charge in [0.15, 0.2) is 0 Å². The first-order chi connectivity index (χ1) is 6.67. The van der Waals surface area contributed by atoms with E-state index in [1.807, 2.05) is 32.0 Å². The second-order valence-electron chi connectivity index (χ2n) is 3.09. The Morgan fingerprint density at radius 2 is 2.21 bits per heavy atom. The van der Waals surface area contributed by atoms with Crippen molar-refractivity contribution in [1.29, 1.82) is 0 Å². The first kappa shape index (κ1) is 10.6. The third-order valence-corrected chi connectivity index (χ3v) is 2.01. The lowest BCUT2D eigenvalue weighted by molar-refractivity contribution is -0.115. The molecule has 0 bridgehead atoms. The zero-order chi connectivity index (χ0) is 10.6. The molecule has 0 fully saturated rings. The largest absolute Gasteiger partial charge is 0.496 e. The molecule has 0 atom stereocenters. The fourth-order valence-electron chi connectivity index (χ4n) is 1.15. The summed E-state index contributed by atoms with van der Waals surface area (Å²) in [5.41, 5.74) is 1.83. The lowest BCUT2D eigenvalue weighted by Gasteiger charge is -2.08. The van der Waals surface area contributed by atoms with Crippen molar-refractivity contribution < 1.29 is 9.53 Å². The number of hydrogen-bond donors (Lipinski definition) is 1. The zero-order valence-corrected chi connectivity index (χ0v) is 8.76. The van der Waals surface area contributed by atoms with Crippen LogP contribution < -0.4 is 10.1 Å². The molecule has 0 aliphatic carbocycles.